The molecule has 0 spiro atoms. The van der Waals surface area contributed by atoms with Crippen LogP contribution in [0.5, 0.6) is 0 Å². The van der Waals surface area contributed by atoms with E-state index < -0.39 is 5.92 Å². The minimum atomic E-state index is -2.53. The van der Waals surface area contributed by atoms with Crippen LogP contribution in [0.25, 0.3) is 10.9 Å². The van der Waals surface area contributed by atoms with Crippen LogP contribution in [-0.4, -0.2) is 21.1 Å². The number of aromatic nitrogens is 3. The SMILES string of the molecule is FC1(F)CC(c2[nH]nc3cc(Cl)ncc23)C1. The average Bonchev–Trinajstić information content (AvgIpc) is 2.56. The molecule has 2 aromatic heterocycles. The lowest BCUT2D eigenvalue weighted by molar-refractivity contribution is -0.0873. The molecule has 0 amide bonds. The lowest BCUT2D eigenvalue weighted by Crippen LogP contribution is -2.33. The maximum Gasteiger partial charge on any atom is 0.249 e. The first kappa shape index (κ1) is 9.96. The van der Waals surface area contributed by atoms with Crippen LogP contribution < -0.4 is 0 Å². The third kappa shape index (κ3) is 1.46. The molecule has 16 heavy (non-hydrogen) atoms. The molecule has 0 bridgehead atoms. The number of hydrogen-bond donors (Lipinski definition) is 1. The largest absolute Gasteiger partial charge is 0.281 e. The molecule has 0 atom stereocenters. The van der Waals surface area contributed by atoms with E-state index in [1.54, 1.807) is 12.3 Å². The highest BCUT2D eigenvalue weighted by Gasteiger charge is 2.47. The van der Waals surface area contributed by atoms with Crippen molar-refractivity contribution in [2.75, 3.05) is 0 Å². The number of nitrogens with one attached hydrogen (secondary N) is 1. The van der Waals surface area contributed by atoms with Gasteiger partial charge in [0.2, 0.25) is 5.92 Å². The fraction of sp³-hybridized carbons (Fsp3) is 0.400. The summed E-state index contributed by atoms with van der Waals surface area (Å²) in [5, 5.41) is 7.97. The second-order valence-electron chi connectivity index (χ2n) is 4.12. The zero-order valence-electron chi connectivity index (χ0n) is 8.17. The van der Waals surface area contributed by atoms with Crippen LogP contribution in [0.2, 0.25) is 5.15 Å². The number of halogens is 3. The van der Waals surface area contributed by atoms with E-state index in [0.29, 0.717) is 10.7 Å². The monoisotopic (exact) mass is 243 g/mol. The Morgan fingerprint density at radius 2 is 2.19 bits per heavy atom. The second-order valence-corrected chi connectivity index (χ2v) is 4.51. The summed E-state index contributed by atoms with van der Waals surface area (Å²) in [4.78, 5) is 3.94. The van der Waals surface area contributed by atoms with E-state index in [-0.39, 0.29) is 18.8 Å². The van der Waals surface area contributed by atoms with Crippen molar-refractivity contribution in [3.63, 3.8) is 0 Å². The van der Waals surface area contributed by atoms with Gasteiger partial charge in [0.05, 0.1) is 5.52 Å². The Balaban J connectivity index is 2.00. The van der Waals surface area contributed by atoms with Gasteiger partial charge in [0.1, 0.15) is 5.15 Å². The van der Waals surface area contributed by atoms with E-state index in [1.165, 1.54) is 0 Å². The summed E-state index contributed by atoms with van der Waals surface area (Å²) in [6.45, 7) is 0. The van der Waals surface area contributed by atoms with Crippen LogP contribution in [0.4, 0.5) is 8.78 Å². The molecule has 1 N–H and O–H groups in total. The van der Waals surface area contributed by atoms with Gasteiger partial charge in [-0.1, -0.05) is 11.6 Å². The summed E-state index contributed by atoms with van der Waals surface area (Å²) in [6.07, 6.45) is 1.34. The highest BCUT2D eigenvalue weighted by Crippen LogP contribution is 2.48. The Kier molecular flexibility index (Phi) is 1.95. The predicted molar refractivity (Wildman–Crippen MR) is 55.8 cm³/mol. The molecule has 1 aliphatic rings. The van der Waals surface area contributed by atoms with Crippen LogP contribution in [-0.2, 0) is 0 Å². The van der Waals surface area contributed by atoms with Gasteiger partial charge in [0, 0.05) is 42.1 Å². The molecule has 2 heterocycles. The van der Waals surface area contributed by atoms with Gasteiger partial charge >= 0.3 is 0 Å². The molecule has 1 fully saturated rings. The lowest BCUT2D eigenvalue weighted by atomic mass is 9.78. The zero-order chi connectivity index (χ0) is 11.3. The average molecular weight is 244 g/mol. The Morgan fingerprint density at radius 1 is 1.44 bits per heavy atom. The summed E-state index contributed by atoms with van der Waals surface area (Å²) in [7, 11) is 0. The number of alkyl halides is 2. The quantitative estimate of drug-likeness (QED) is 0.782. The van der Waals surface area contributed by atoms with Crippen molar-refractivity contribution in [1.82, 2.24) is 15.2 Å². The molecule has 0 radical (unpaired) electrons. The van der Waals surface area contributed by atoms with Crippen molar-refractivity contribution < 1.29 is 8.78 Å². The lowest BCUT2D eigenvalue weighted by Gasteiger charge is -2.34. The normalized spacial score (nSPS) is 19.9. The number of nitrogens with zero attached hydrogens (tertiary/aromatic N) is 2. The van der Waals surface area contributed by atoms with Crippen molar-refractivity contribution in [2.45, 2.75) is 24.7 Å². The summed E-state index contributed by atoms with van der Waals surface area (Å²) in [5.74, 6) is -2.68. The van der Waals surface area contributed by atoms with Crippen molar-refractivity contribution in [1.29, 1.82) is 0 Å². The molecule has 6 heteroatoms. The van der Waals surface area contributed by atoms with Crippen LogP contribution >= 0.6 is 11.6 Å². The van der Waals surface area contributed by atoms with Crippen molar-refractivity contribution >= 4 is 22.5 Å². The van der Waals surface area contributed by atoms with Crippen LogP contribution in [0.1, 0.15) is 24.5 Å². The van der Waals surface area contributed by atoms with Crippen LogP contribution in [0, 0.1) is 0 Å². The van der Waals surface area contributed by atoms with E-state index in [1.807, 2.05) is 0 Å². The van der Waals surface area contributed by atoms with Crippen LogP contribution in [0.15, 0.2) is 12.3 Å². The molecular weight excluding hydrogens is 236 g/mol. The fourth-order valence-electron chi connectivity index (χ4n) is 2.08. The molecule has 84 valence electrons. The molecule has 3 nitrogen and oxygen atoms in total. The first-order valence-electron chi connectivity index (χ1n) is 4.92. The van der Waals surface area contributed by atoms with E-state index >= 15 is 0 Å². The van der Waals surface area contributed by atoms with Gasteiger partial charge in [-0.15, -0.1) is 0 Å². The Bertz CT molecular complexity index is 544. The van der Waals surface area contributed by atoms with Crippen molar-refractivity contribution in [2.24, 2.45) is 0 Å². The first-order chi connectivity index (χ1) is 7.55. The molecule has 0 aromatic carbocycles. The third-order valence-corrected chi connectivity index (χ3v) is 3.14. The van der Waals surface area contributed by atoms with Gasteiger partial charge in [0.25, 0.3) is 0 Å². The van der Waals surface area contributed by atoms with Gasteiger partial charge in [0.15, 0.2) is 0 Å². The van der Waals surface area contributed by atoms with Crippen LogP contribution in [0.3, 0.4) is 0 Å². The molecule has 2 aromatic rings. The summed E-state index contributed by atoms with van der Waals surface area (Å²) >= 11 is 5.72. The highest BCUT2D eigenvalue weighted by atomic mass is 35.5. The number of rotatable bonds is 1. The minimum absolute atomic E-state index is 0.118. The number of H-pyrrole nitrogens is 1. The maximum atomic E-state index is 12.8. The molecule has 1 aliphatic carbocycles. The minimum Gasteiger partial charge on any atom is -0.281 e. The summed E-state index contributed by atoms with van der Waals surface area (Å²) < 4.78 is 25.5. The van der Waals surface area contributed by atoms with Gasteiger partial charge in [-0.3, -0.25) is 5.10 Å². The highest BCUT2D eigenvalue weighted by molar-refractivity contribution is 6.30. The van der Waals surface area contributed by atoms with Gasteiger partial charge in [-0.2, -0.15) is 5.10 Å². The molecule has 0 aliphatic heterocycles. The summed E-state index contributed by atoms with van der Waals surface area (Å²) in [6, 6.07) is 1.62. The van der Waals surface area contributed by atoms with Gasteiger partial charge < -0.3 is 0 Å². The molecule has 0 saturated heterocycles. The first-order valence-corrected chi connectivity index (χ1v) is 5.30. The van der Waals surface area contributed by atoms with E-state index in [0.717, 1.165) is 11.1 Å². The molecule has 1 saturated carbocycles. The van der Waals surface area contributed by atoms with Gasteiger partial charge in [-0.05, 0) is 0 Å². The van der Waals surface area contributed by atoms with E-state index in [9.17, 15) is 8.78 Å². The fourth-order valence-corrected chi connectivity index (χ4v) is 2.23. The second kappa shape index (κ2) is 3.13. The Labute approximate surface area is 94.8 Å². The maximum absolute atomic E-state index is 12.8. The topological polar surface area (TPSA) is 41.6 Å². The zero-order valence-corrected chi connectivity index (χ0v) is 8.93. The number of pyridine rings is 1. The van der Waals surface area contributed by atoms with Gasteiger partial charge in [-0.25, -0.2) is 13.8 Å². The molecular formula is C10H8ClF2N3. The Morgan fingerprint density at radius 3 is 2.88 bits per heavy atom. The molecule has 3 rings (SSSR count). The number of fused-ring (bicyclic) bond motifs is 1. The Hall–Kier alpha value is -1.23. The van der Waals surface area contributed by atoms with Crippen molar-refractivity contribution in [3.8, 4) is 0 Å². The smallest absolute Gasteiger partial charge is 0.249 e. The van der Waals surface area contributed by atoms with E-state index in [4.69, 9.17) is 11.6 Å². The summed E-state index contributed by atoms with van der Waals surface area (Å²) in [5.41, 5.74) is 1.41. The molecule has 0 unspecified atom stereocenters. The van der Waals surface area contributed by atoms with Crippen molar-refractivity contribution in [3.05, 3.63) is 23.1 Å². The third-order valence-electron chi connectivity index (χ3n) is 2.93. The number of aromatic amines is 1. The standard InChI is InChI=1S/C10H8ClF2N3/c11-8-1-7-6(4-14-8)9(16-15-7)5-2-10(12,13)3-5/h1,4-5H,2-3H2,(H,15,16). The van der Waals surface area contributed by atoms with E-state index in [2.05, 4.69) is 15.2 Å². The predicted octanol–water partition coefficient (Wildman–Crippen LogP) is 3.12. The number of hydrogen-bond acceptors (Lipinski definition) is 2.